The van der Waals surface area contributed by atoms with Gasteiger partial charge in [0.25, 0.3) is 0 Å². The SMILES string of the molecule is CC(Cl)C(=O)Nc1cnn(CC2CCCCO2)c1. The Morgan fingerprint density at radius 2 is 2.56 bits per heavy atom. The molecule has 0 aliphatic carbocycles. The highest BCUT2D eigenvalue weighted by Crippen LogP contribution is 2.15. The third kappa shape index (κ3) is 3.71. The summed E-state index contributed by atoms with van der Waals surface area (Å²) in [5.41, 5.74) is 0.670. The van der Waals surface area contributed by atoms with Crippen molar-refractivity contribution in [3.05, 3.63) is 12.4 Å². The van der Waals surface area contributed by atoms with Crippen LogP contribution in [0.3, 0.4) is 0 Å². The van der Waals surface area contributed by atoms with Crippen LogP contribution in [0.2, 0.25) is 0 Å². The number of carbonyl (C=O) groups is 1. The van der Waals surface area contributed by atoms with E-state index in [1.165, 1.54) is 6.42 Å². The Balaban J connectivity index is 1.87. The van der Waals surface area contributed by atoms with E-state index in [1.807, 2.05) is 0 Å². The van der Waals surface area contributed by atoms with E-state index < -0.39 is 5.38 Å². The minimum absolute atomic E-state index is 0.217. The molecule has 0 spiro atoms. The van der Waals surface area contributed by atoms with Crippen LogP contribution in [0.5, 0.6) is 0 Å². The van der Waals surface area contributed by atoms with Crippen molar-refractivity contribution >= 4 is 23.2 Å². The first-order valence-electron chi connectivity index (χ1n) is 6.24. The van der Waals surface area contributed by atoms with Crippen LogP contribution in [0.4, 0.5) is 5.69 Å². The first kappa shape index (κ1) is 13.4. The number of rotatable bonds is 4. The third-order valence-electron chi connectivity index (χ3n) is 2.93. The molecule has 1 N–H and O–H groups in total. The molecular formula is C12H18ClN3O2. The predicted molar refractivity (Wildman–Crippen MR) is 69.8 cm³/mol. The van der Waals surface area contributed by atoms with E-state index in [0.29, 0.717) is 5.69 Å². The summed E-state index contributed by atoms with van der Waals surface area (Å²) in [6, 6.07) is 0. The van der Waals surface area contributed by atoms with E-state index in [0.717, 1.165) is 26.0 Å². The molecule has 2 rings (SSSR count). The molecule has 2 atom stereocenters. The maximum absolute atomic E-state index is 11.4. The van der Waals surface area contributed by atoms with Crippen molar-refractivity contribution in [1.29, 1.82) is 0 Å². The van der Waals surface area contributed by atoms with Gasteiger partial charge in [0.2, 0.25) is 5.91 Å². The van der Waals surface area contributed by atoms with Gasteiger partial charge in [-0.3, -0.25) is 9.48 Å². The molecule has 1 fully saturated rings. The molecule has 1 saturated heterocycles. The summed E-state index contributed by atoms with van der Waals surface area (Å²) in [6.45, 7) is 3.20. The van der Waals surface area contributed by atoms with Gasteiger partial charge in [-0.05, 0) is 26.2 Å². The molecule has 1 aliphatic heterocycles. The molecule has 0 bridgehead atoms. The second-order valence-corrected chi connectivity index (χ2v) is 5.20. The largest absolute Gasteiger partial charge is 0.376 e. The molecule has 100 valence electrons. The van der Waals surface area contributed by atoms with Crippen molar-refractivity contribution in [1.82, 2.24) is 9.78 Å². The molecule has 1 aromatic heterocycles. The topological polar surface area (TPSA) is 56.2 Å². The molecule has 6 heteroatoms. The number of amides is 1. The summed E-state index contributed by atoms with van der Waals surface area (Å²) < 4.78 is 7.44. The van der Waals surface area contributed by atoms with Crippen molar-refractivity contribution in [2.45, 2.75) is 44.2 Å². The molecule has 5 nitrogen and oxygen atoms in total. The van der Waals surface area contributed by atoms with E-state index in [9.17, 15) is 4.79 Å². The van der Waals surface area contributed by atoms with E-state index in [-0.39, 0.29) is 12.0 Å². The number of anilines is 1. The van der Waals surface area contributed by atoms with Crippen LogP contribution in [-0.2, 0) is 16.1 Å². The smallest absolute Gasteiger partial charge is 0.242 e. The van der Waals surface area contributed by atoms with E-state index >= 15 is 0 Å². The number of carbonyl (C=O) groups excluding carboxylic acids is 1. The first-order chi connectivity index (χ1) is 8.65. The average molecular weight is 272 g/mol. The third-order valence-corrected chi connectivity index (χ3v) is 3.12. The van der Waals surface area contributed by atoms with Gasteiger partial charge < -0.3 is 10.1 Å². The van der Waals surface area contributed by atoms with Gasteiger partial charge in [0.15, 0.2) is 0 Å². The number of aromatic nitrogens is 2. The van der Waals surface area contributed by atoms with Gasteiger partial charge in [0.1, 0.15) is 5.38 Å². The van der Waals surface area contributed by atoms with E-state index in [1.54, 1.807) is 24.0 Å². The molecular weight excluding hydrogens is 254 g/mol. The van der Waals surface area contributed by atoms with Crippen molar-refractivity contribution in [3.63, 3.8) is 0 Å². The fraction of sp³-hybridized carbons (Fsp3) is 0.667. The molecule has 18 heavy (non-hydrogen) atoms. The Morgan fingerprint density at radius 1 is 1.72 bits per heavy atom. The van der Waals surface area contributed by atoms with Crippen LogP contribution in [0.25, 0.3) is 0 Å². The quantitative estimate of drug-likeness (QED) is 0.853. The van der Waals surface area contributed by atoms with Crippen molar-refractivity contribution in [2.75, 3.05) is 11.9 Å². The summed E-state index contributed by atoms with van der Waals surface area (Å²) in [6.07, 6.45) is 7.08. The number of nitrogens with zero attached hydrogens (tertiary/aromatic N) is 2. The Bertz CT molecular complexity index is 400. The number of hydrogen-bond donors (Lipinski definition) is 1. The Kier molecular flexibility index (Phi) is 4.60. The maximum atomic E-state index is 11.4. The fourth-order valence-corrected chi connectivity index (χ4v) is 1.98. The maximum Gasteiger partial charge on any atom is 0.242 e. The molecule has 2 heterocycles. The number of halogens is 1. The summed E-state index contributed by atoms with van der Waals surface area (Å²) >= 11 is 5.68. The molecule has 1 amide bonds. The highest BCUT2D eigenvalue weighted by molar-refractivity contribution is 6.32. The Labute approximate surface area is 111 Å². The summed E-state index contributed by atoms with van der Waals surface area (Å²) in [5, 5.41) is 6.36. The van der Waals surface area contributed by atoms with Crippen molar-refractivity contribution in [3.8, 4) is 0 Å². The van der Waals surface area contributed by atoms with Gasteiger partial charge in [-0.15, -0.1) is 11.6 Å². The standard InChI is InChI=1S/C12H18ClN3O2/c1-9(13)12(17)15-10-6-14-16(7-10)8-11-4-2-3-5-18-11/h6-7,9,11H,2-5,8H2,1H3,(H,15,17). The minimum Gasteiger partial charge on any atom is -0.376 e. The van der Waals surface area contributed by atoms with E-state index in [2.05, 4.69) is 10.4 Å². The molecule has 1 aromatic rings. The van der Waals surface area contributed by atoms with Crippen LogP contribution in [0, 0.1) is 0 Å². The lowest BCUT2D eigenvalue weighted by molar-refractivity contribution is -0.115. The highest BCUT2D eigenvalue weighted by atomic mass is 35.5. The summed E-state index contributed by atoms with van der Waals surface area (Å²) in [7, 11) is 0. The zero-order valence-corrected chi connectivity index (χ0v) is 11.2. The zero-order valence-electron chi connectivity index (χ0n) is 10.4. The van der Waals surface area contributed by atoms with Gasteiger partial charge in [0.05, 0.1) is 24.5 Å². The highest BCUT2D eigenvalue weighted by Gasteiger charge is 2.15. The lowest BCUT2D eigenvalue weighted by Crippen LogP contribution is -2.24. The molecule has 0 saturated carbocycles. The van der Waals surface area contributed by atoms with Gasteiger partial charge in [-0.2, -0.15) is 5.10 Å². The number of hydrogen-bond acceptors (Lipinski definition) is 3. The van der Waals surface area contributed by atoms with Gasteiger partial charge in [-0.1, -0.05) is 0 Å². The number of nitrogens with one attached hydrogen (secondary N) is 1. The lowest BCUT2D eigenvalue weighted by atomic mass is 10.1. The van der Waals surface area contributed by atoms with Gasteiger partial charge in [-0.25, -0.2) is 0 Å². The number of alkyl halides is 1. The van der Waals surface area contributed by atoms with Crippen molar-refractivity contribution in [2.24, 2.45) is 0 Å². The summed E-state index contributed by atoms with van der Waals surface area (Å²) in [4.78, 5) is 11.4. The molecule has 0 radical (unpaired) electrons. The van der Waals surface area contributed by atoms with Crippen LogP contribution in [0.1, 0.15) is 26.2 Å². The zero-order chi connectivity index (χ0) is 13.0. The first-order valence-corrected chi connectivity index (χ1v) is 6.68. The normalized spacial score (nSPS) is 21.6. The monoisotopic (exact) mass is 271 g/mol. The van der Waals surface area contributed by atoms with Crippen molar-refractivity contribution < 1.29 is 9.53 Å². The average Bonchev–Trinajstić information content (AvgIpc) is 2.77. The molecule has 1 aliphatic rings. The van der Waals surface area contributed by atoms with Crippen LogP contribution >= 0.6 is 11.6 Å². The van der Waals surface area contributed by atoms with Gasteiger partial charge >= 0.3 is 0 Å². The molecule has 0 aromatic carbocycles. The van der Waals surface area contributed by atoms with Gasteiger partial charge in [0, 0.05) is 12.8 Å². The fourth-order valence-electron chi connectivity index (χ4n) is 1.93. The summed E-state index contributed by atoms with van der Waals surface area (Å²) in [5.74, 6) is -0.217. The van der Waals surface area contributed by atoms with Crippen LogP contribution in [-0.4, -0.2) is 33.8 Å². The van der Waals surface area contributed by atoms with E-state index in [4.69, 9.17) is 16.3 Å². The molecule has 2 unspecified atom stereocenters. The predicted octanol–water partition coefficient (Wildman–Crippen LogP) is 2.02. The van der Waals surface area contributed by atoms with Crippen LogP contribution in [0.15, 0.2) is 12.4 Å². The lowest BCUT2D eigenvalue weighted by Gasteiger charge is -2.22. The second-order valence-electron chi connectivity index (χ2n) is 4.54. The van der Waals surface area contributed by atoms with Crippen LogP contribution < -0.4 is 5.32 Å². The Morgan fingerprint density at radius 3 is 3.22 bits per heavy atom. The second kappa shape index (κ2) is 6.20. The number of ether oxygens (including phenoxy) is 1. The minimum atomic E-state index is -0.546. The Hall–Kier alpha value is -1.07.